The normalized spacial score (nSPS) is 17.4. The average molecular weight is 287 g/mol. The van der Waals surface area contributed by atoms with Gasteiger partial charge in [-0.1, -0.05) is 12.1 Å². The number of rotatable bonds is 4. The highest BCUT2D eigenvalue weighted by molar-refractivity contribution is 7.90. The Balaban J connectivity index is 2.33. The molecule has 1 aliphatic rings. The molecule has 0 radical (unpaired) electrons. The average Bonchev–Trinajstić information content (AvgIpc) is 2.42. The fourth-order valence-corrected chi connectivity index (χ4v) is 3.77. The van der Waals surface area contributed by atoms with E-state index in [0.717, 1.165) is 4.31 Å². The van der Waals surface area contributed by atoms with Crippen LogP contribution in [0.2, 0.25) is 0 Å². The van der Waals surface area contributed by atoms with Crippen LogP contribution in [0.3, 0.4) is 0 Å². The van der Waals surface area contributed by atoms with Crippen molar-refractivity contribution in [3.8, 4) is 0 Å². The van der Waals surface area contributed by atoms with Gasteiger partial charge in [0.05, 0.1) is 5.69 Å². The zero-order chi connectivity index (χ0) is 13.9. The number of nitrogens with one attached hydrogen (secondary N) is 1. The van der Waals surface area contributed by atoms with Crippen molar-refractivity contribution < 1.29 is 12.8 Å². The number of anilines is 1. The standard InChI is InChI=1S/C12H18FN3O2S/c1-2-16(12-6-4-3-5-11(12)13)19(17,18)15-9-7-14-8-10-15/h3-6,14H,2,7-10H2,1H3. The van der Waals surface area contributed by atoms with E-state index in [1.165, 1.54) is 16.4 Å². The molecule has 0 atom stereocenters. The van der Waals surface area contributed by atoms with Crippen molar-refractivity contribution in [1.82, 2.24) is 9.62 Å². The SMILES string of the molecule is CCN(c1ccccc1F)S(=O)(=O)N1CCNCC1. The molecule has 0 unspecified atom stereocenters. The van der Waals surface area contributed by atoms with Gasteiger partial charge < -0.3 is 5.32 Å². The van der Waals surface area contributed by atoms with Crippen LogP contribution < -0.4 is 9.62 Å². The first kappa shape index (κ1) is 14.2. The van der Waals surface area contributed by atoms with Crippen LogP contribution in [-0.4, -0.2) is 45.4 Å². The summed E-state index contributed by atoms with van der Waals surface area (Å²) >= 11 is 0. The summed E-state index contributed by atoms with van der Waals surface area (Å²) < 4.78 is 41.3. The van der Waals surface area contributed by atoms with Crippen molar-refractivity contribution in [2.75, 3.05) is 37.0 Å². The second kappa shape index (κ2) is 5.85. The summed E-state index contributed by atoms with van der Waals surface area (Å²) in [5.41, 5.74) is 0.100. The number of para-hydroxylation sites is 1. The smallest absolute Gasteiger partial charge is 0.304 e. The Labute approximate surface area is 113 Å². The highest BCUT2D eigenvalue weighted by Crippen LogP contribution is 2.23. The number of hydrogen-bond acceptors (Lipinski definition) is 3. The molecule has 0 spiro atoms. The van der Waals surface area contributed by atoms with Crippen molar-refractivity contribution >= 4 is 15.9 Å². The number of hydrogen-bond donors (Lipinski definition) is 1. The van der Waals surface area contributed by atoms with Gasteiger partial charge in [-0.25, -0.2) is 4.39 Å². The Hall–Kier alpha value is -1.18. The maximum atomic E-state index is 13.8. The first-order valence-corrected chi connectivity index (χ1v) is 7.70. The number of piperazine rings is 1. The Morgan fingerprint density at radius 3 is 2.53 bits per heavy atom. The Kier molecular flexibility index (Phi) is 4.38. The van der Waals surface area contributed by atoms with E-state index in [0.29, 0.717) is 26.2 Å². The minimum atomic E-state index is -3.66. The van der Waals surface area contributed by atoms with Crippen LogP contribution in [0.5, 0.6) is 0 Å². The van der Waals surface area contributed by atoms with Gasteiger partial charge in [0.1, 0.15) is 5.82 Å². The molecule has 1 fully saturated rings. The number of nitrogens with zero attached hydrogens (tertiary/aromatic N) is 2. The maximum absolute atomic E-state index is 13.8. The molecule has 0 amide bonds. The lowest BCUT2D eigenvalue weighted by Crippen LogP contribution is -2.52. The monoisotopic (exact) mass is 287 g/mol. The minimum absolute atomic E-state index is 0.100. The molecule has 1 N–H and O–H groups in total. The molecule has 106 valence electrons. The molecule has 1 saturated heterocycles. The fourth-order valence-electron chi connectivity index (χ4n) is 2.13. The van der Waals surface area contributed by atoms with Crippen molar-refractivity contribution in [2.24, 2.45) is 0 Å². The van der Waals surface area contributed by atoms with E-state index < -0.39 is 16.0 Å². The van der Waals surface area contributed by atoms with Gasteiger partial charge in [-0.2, -0.15) is 12.7 Å². The molecule has 7 heteroatoms. The van der Waals surface area contributed by atoms with E-state index in [2.05, 4.69) is 5.32 Å². The molecule has 0 aromatic heterocycles. The molecule has 1 aromatic rings. The fraction of sp³-hybridized carbons (Fsp3) is 0.500. The second-order valence-electron chi connectivity index (χ2n) is 4.27. The van der Waals surface area contributed by atoms with E-state index in [1.807, 2.05) is 0 Å². The van der Waals surface area contributed by atoms with Crippen molar-refractivity contribution in [1.29, 1.82) is 0 Å². The zero-order valence-corrected chi connectivity index (χ0v) is 11.7. The summed E-state index contributed by atoms with van der Waals surface area (Å²) in [6, 6.07) is 5.93. The van der Waals surface area contributed by atoms with Crippen LogP contribution in [0.15, 0.2) is 24.3 Å². The minimum Gasteiger partial charge on any atom is -0.314 e. The molecule has 0 aliphatic carbocycles. The predicted octanol–water partition coefficient (Wildman–Crippen LogP) is 0.802. The summed E-state index contributed by atoms with van der Waals surface area (Å²) in [6.45, 7) is 3.96. The van der Waals surface area contributed by atoms with E-state index in [9.17, 15) is 12.8 Å². The Morgan fingerprint density at radius 1 is 1.32 bits per heavy atom. The summed E-state index contributed by atoms with van der Waals surface area (Å²) in [5, 5.41) is 3.10. The Bertz CT molecular complexity index is 530. The predicted molar refractivity (Wildman–Crippen MR) is 72.8 cm³/mol. The maximum Gasteiger partial charge on any atom is 0.304 e. The van der Waals surface area contributed by atoms with Gasteiger partial charge in [-0.15, -0.1) is 0 Å². The van der Waals surface area contributed by atoms with E-state index >= 15 is 0 Å². The highest BCUT2D eigenvalue weighted by atomic mass is 32.2. The second-order valence-corrected chi connectivity index (χ2v) is 6.13. The van der Waals surface area contributed by atoms with Crippen LogP contribution in [-0.2, 0) is 10.2 Å². The third-order valence-corrected chi connectivity index (χ3v) is 5.12. The molecule has 2 rings (SSSR count). The summed E-state index contributed by atoms with van der Waals surface area (Å²) in [6.07, 6.45) is 0. The van der Waals surface area contributed by atoms with Crippen LogP contribution in [0.4, 0.5) is 10.1 Å². The van der Waals surface area contributed by atoms with Crippen molar-refractivity contribution in [3.63, 3.8) is 0 Å². The molecule has 1 aliphatic heterocycles. The molecule has 0 bridgehead atoms. The highest BCUT2D eigenvalue weighted by Gasteiger charge is 2.31. The topological polar surface area (TPSA) is 52.7 Å². The number of halogens is 1. The summed E-state index contributed by atoms with van der Waals surface area (Å²) in [5.74, 6) is -0.525. The molecule has 1 heterocycles. The molecule has 1 aromatic carbocycles. The van der Waals surface area contributed by atoms with Gasteiger partial charge in [0.2, 0.25) is 0 Å². The van der Waals surface area contributed by atoms with Gasteiger partial charge in [-0.3, -0.25) is 4.31 Å². The Morgan fingerprint density at radius 2 is 1.95 bits per heavy atom. The van der Waals surface area contributed by atoms with Crippen molar-refractivity contribution in [2.45, 2.75) is 6.92 Å². The van der Waals surface area contributed by atoms with Crippen LogP contribution in [0, 0.1) is 5.82 Å². The van der Waals surface area contributed by atoms with Gasteiger partial charge in [0.25, 0.3) is 0 Å². The van der Waals surface area contributed by atoms with Crippen LogP contribution in [0.1, 0.15) is 6.92 Å². The number of benzene rings is 1. The van der Waals surface area contributed by atoms with Gasteiger partial charge >= 0.3 is 10.2 Å². The molecule has 19 heavy (non-hydrogen) atoms. The lowest BCUT2D eigenvalue weighted by molar-refractivity contribution is 0.358. The third kappa shape index (κ3) is 2.88. The van der Waals surface area contributed by atoms with Gasteiger partial charge in [-0.05, 0) is 19.1 Å². The largest absolute Gasteiger partial charge is 0.314 e. The lowest BCUT2D eigenvalue weighted by atomic mass is 10.3. The quantitative estimate of drug-likeness (QED) is 0.891. The molecule has 5 nitrogen and oxygen atoms in total. The van der Waals surface area contributed by atoms with Crippen LogP contribution in [0.25, 0.3) is 0 Å². The first-order valence-electron chi connectivity index (χ1n) is 6.30. The lowest BCUT2D eigenvalue weighted by Gasteiger charge is -2.33. The summed E-state index contributed by atoms with van der Waals surface area (Å²) in [4.78, 5) is 0. The van der Waals surface area contributed by atoms with E-state index in [-0.39, 0.29) is 12.2 Å². The summed E-state index contributed by atoms with van der Waals surface area (Å²) in [7, 11) is -3.66. The zero-order valence-electron chi connectivity index (χ0n) is 10.8. The van der Waals surface area contributed by atoms with E-state index in [1.54, 1.807) is 19.1 Å². The molecular formula is C12H18FN3O2S. The van der Waals surface area contributed by atoms with Gasteiger partial charge in [0, 0.05) is 32.7 Å². The van der Waals surface area contributed by atoms with Gasteiger partial charge in [0.15, 0.2) is 0 Å². The first-order chi connectivity index (χ1) is 9.07. The van der Waals surface area contributed by atoms with E-state index in [4.69, 9.17) is 0 Å². The van der Waals surface area contributed by atoms with Crippen molar-refractivity contribution in [3.05, 3.63) is 30.1 Å². The third-order valence-electron chi connectivity index (χ3n) is 3.09. The van der Waals surface area contributed by atoms with Crippen LogP contribution >= 0.6 is 0 Å². The molecular weight excluding hydrogens is 269 g/mol. The molecule has 0 saturated carbocycles.